The number of carbonyl (C=O) groups excluding carboxylic acids is 1. The number of hydrogen-bond acceptors (Lipinski definition) is 2. The minimum Gasteiger partial charge on any atom is -0.378 e. The van der Waals surface area contributed by atoms with E-state index >= 15 is 0 Å². The van der Waals surface area contributed by atoms with E-state index in [9.17, 15) is 4.79 Å². The largest absolute Gasteiger partial charge is 0.378 e. The molecule has 0 saturated carbocycles. The molecule has 1 aromatic carbocycles. The Morgan fingerprint density at radius 1 is 1.33 bits per heavy atom. The van der Waals surface area contributed by atoms with Gasteiger partial charge in [0.15, 0.2) is 0 Å². The minimum atomic E-state index is -0.0942. The van der Waals surface area contributed by atoms with E-state index in [4.69, 9.17) is 0 Å². The van der Waals surface area contributed by atoms with Gasteiger partial charge in [0.05, 0.1) is 0 Å². The van der Waals surface area contributed by atoms with Crippen molar-refractivity contribution >= 4 is 33.2 Å². The fourth-order valence-corrected chi connectivity index (χ4v) is 2.64. The van der Waals surface area contributed by atoms with Crippen molar-refractivity contribution in [2.24, 2.45) is 0 Å². The van der Waals surface area contributed by atoms with E-state index < -0.39 is 0 Å². The van der Waals surface area contributed by atoms with Crippen LogP contribution >= 0.6 is 15.9 Å². The van der Waals surface area contributed by atoms with Gasteiger partial charge in [-0.15, -0.1) is 0 Å². The van der Waals surface area contributed by atoms with Crippen molar-refractivity contribution in [1.82, 2.24) is 4.57 Å². The second-order valence-electron chi connectivity index (χ2n) is 5.18. The van der Waals surface area contributed by atoms with Crippen molar-refractivity contribution in [3.05, 3.63) is 46.2 Å². The Morgan fingerprint density at radius 3 is 2.62 bits per heavy atom. The van der Waals surface area contributed by atoms with Crippen molar-refractivity contribution < 1.29 is 4.79 Å². The second-order valence-corrected chi connectivity index (χ2v) is 6.09. The number of amides is 1. The summed E-state index contributed by atoms with van der Waals surface area (Å²) in [6, 6.07) is 7.83. The molecule has 112 valence electrons. The molecule has 5 heteroatoms. The molecular weight excluding hydrogens is 330 g/mol. The SMILES string of the molecule is CCn1cc(Br)cc1C(=O)Nc1ccc(N(C)C)cc1C. The second kappa shape index (κ2) is 6.35. The molecule has 0 fully saturated rings. The van der Waals surface area contributed by atoms with Crippen LogP contribution in [0.3, 0.4) is 0 Å². The smallest absolute Gasteiger partial charge is 0.272 e. The van der Waals surface area contributed by atoms with E-state index in [1.807, 2.05) is 61.8 Å². The van der Waals surface area contributed by atoms with Crippen molar-refractivity contribution in [3.63, 3.8) is 0 Å². The Kier molecular flexibility index (Phi) is 4.73. The zero-order chi connectivity index (χ0) is 15.6. The lowest BCUT2D eigenvalue weighted by Gasteiger charge is -2.15. The van der Waals surface area contributed by atoms with Gasteiger partial charge in [-0.2, -0.15) is 0 Å². The molecular formula is C16H20BrN3O. The van der Waals surface area contributed by atoms with Gasteiger partial charge in [0.25, 0.3) is 5.91 Å². The normalized spacial score (nSPS) is 10.5. The van der Waals surface area contributed by atoms with Gasteiger partial charge in [-0.3, -0.25) is 4.79 Å². The van der Waals surface area contributed by atoms with Crippen LogP contribution in [0.15, 0.2) is 34.9 Å². The number of nitrogens with one attached hydrogen (secondary N) is 1. The molecule has 1 amide bonds. The Labute approximate surface area is 133 Å². The maximum atomic E-state index is 12.4. The summed E-state index contributed by atoms with van der Waals surface area (Å²) in [4.78, 5) is 14.5. The van der Waals surface area contributed by atoms with Crippen molar-refractivity contribution in [1.29, 1.82) is 0 Å². The zero-order valence-electron chi connectivity index (χ0n) is 12.8. The molecule has 0 aliphatic rings. The van der Waals surface area contributed by atoms with Crippen LogP contribution in [0.2, 0.25) is 0 Å². The molecule has 0 aliphatic carbocycles. The lowest BCUT2D eigenvalue weighted by Crippen LogP contribution is -2.17. The van der Waals surface area contributed by atoms with Crippen molar-refractivity contribution in [3.8, 4) is 0 Å². The zero-order valence-corrected chi connectivity index (χ0v) is 14.4. The molecule has 0 aliphatic heterocycles. The third-order valence-corrected chi connectivity index (χ3v) is 3.84. The Morgan fingerprint density at radius 2 is 2.05 bits per heavy atom. The molecule has 0 radical (unpaired) electrons. The number of aryl methyl sites for hydroxylation is 2. The van der Waals surface area contributed by atoms with E-state index in [-0.39, 0.29) is 5.91 Å². The van der Waals surface area contributed by atoms with E-state index in [1.54, 1.807) is 0 Å². The van der Waals surface area contributed by atoms with E-state index in [0.29, 0.717) is 5.69 Å². The van der Waals surface area contributed by atoms with Crippen molar-refractivity contribution in [2.75, 3.05) is 24.3 Å². The first-order valence-corrected chi connectivity index (χ1v) is 7.66. The quantitative estimate of drug-likeness (QED) is 0.908. The highest BCUT2D eigenvalue weighted by Gasteiger charge is 2.13. The number of carbonyl (C=O) groups is 1. The average molecular weight is 350 g/mol. The molecule has 1 heterocycles. The number of rotatable bonds is 4. The van der Waals surface area contributed by atoms with Crippen LogP contribution in [0.25, 0.3) is 0 Å². The summed E-state index contributed by atoms with van der Waals surface area (Å²) in [7, 11) is 4.00. The summed E-state index contributed by atoms with van der Waals surface area (Å²) in [6.45, 7) is 4.77. The van der Waals surface area contributed by atoms with Crippen LogP contribution in [-0.4, -0.2) is 24.6 Å². The fraction of sp³-hybridized carbons (Fsp3) is 0.312. The standard InChI is InChI=1S/C16H20BrN3O/c1-5-20-10-12(17)9-15(20)16(21)18-14-7-6-13(19(3)4)8-11(14)2/h6-10H,5H2,1-4H3,(H,18,21). The van der Waals surface area contributed by atoms with Crippen LogP contribution < -0.4 is 10.2 Å². The third kappa shape index (κ3) is 3.47. The number of anilines is 2. The van der Waals surface area contributed by atoms with Crippen LogP contribution in [-0.2, 0) is 6.54 Å². The van der Waals surface area contributed by atoms with Crippen LogP contribution in [0.1, 0.15) is 23.0 Å². The first-order chi connectivity index (χ1) is 9.92. The highest BCUT2D eigenvalue weighted by atomic mass is 79.9. The molecule has 0 atom stereocenters. The monoisotopic (exact) mass is 349 g/mol. The van der Waals surface area contributed by atoms with Gasteiger partial charge in [-0.25, -0.2) is 0 Å². The molecule has 2 aromatic rings. The van der Waals surface area contributed by atoms with Crippen LogP contribution in [0.5, 0.6) is 0 Å². The van der Waals surface area contributed by atoms with Crippen LogP contribution in [0.4, 0.5) is 11.4 Å². The fourth-order valence-electron chi connectivity index (χ4n) is 2.18. The van der Waals surface area contributed by atoms with Crippen molar-refractivity contribution in [2.45, 2.75) is 20.4 Å². The summed E-state index contributed by atoms with van der Waals surface area (Å²) >= 11 is 3.41. The number of halogens is 1. The van der Waals surface area contributed by atoms with Gasteiger partial charge >= 0.3 is 0 Å². The summed E-state index contributed by atoms with van der Waals surface area (Å²) in [6.07, 6.45) is 1.91. The minimum absolute atomic E-state index is 0.0942. The average Bonchev–Trinajstić information content (AvgIpc) is 2.82. The molecule has 0 unspecified atom stereocenters. The molecule has 21 heavy (non-hydrogen) atoms. The van der Waals surface area contributed by atoms with Gasteiger partial charge < -0.3 is 14.8 Å². The Bertz CT molecular complexity index is 662. The third-order valence-electron chi connectivity index (χ3n) is 3.41. The summed E-state index contributed by atoms with van der Waals surface area (Å²) < 4.78 is 2.83. The summed E-state index contributed by atoms with van der Waals surface area (Å²) in [5.41, 5.74) is 3.65. The molecule has 0 spiro atoms. The maximum Gasteiger partial charge on any atom is 0.272 e. The lowest BCUT2D eigenvalue weighted by atomic mass is 10.1. The predicted octanol–water partition coefficient (Wildman–Crippen LogP) is 3.90. The van der Waals surface area contributed by atoms with Gasteiger partial charge in [0.1, 0.15) is 5.69 Å². The molecule has 0 bridgehead atoms. The Hall–Kier alpha value is -1.75. The first-order valence-electron chi connectivity index (χ1n) is 6.87. The highest BCUT2D eigenvalue weighted by molar-refractivity contribution is 9.10. The predicted molar refractivity (Wildman–Crippen MR) is 91.3 cm³/mol. The number of benzene rings is 1. The number of hydrogen-bond donors (Lipinski definition) is 1. The summed E-state index contributed by atoms with van der Waals surface area (Å²) in [5.74, 6) is -0.0942. The van der Waals surface area contributed by atoms with Gasteiger partial charge in [0.2, 0.25) is 0 Å². The van der Waals surface area contributed by atoms with E-state index in [2.05, 4.69) is 27.3 Å². The molecule has 1 N–H and O–H groups in total. The molecule has 0 saturated heterocycles. The Balaban J connectivity index is 2.23. The lowest BCUT2D eigenvalue weighted by molar-refractivity contribution is 0.101. The molecule has 2 rings (SSSR count). The van der Waals surface area contributed by atoms with Crippen LogP contribution in [0, 0.1) is 6.92 Å². The number of nitrogens with zero attached hydrogens (tertiary/aromatic N) is 2. The molecule has 1 aromatic heterocycles. The number of aromatic nitrogens is 1. The summed E-state index contributed by atoms with van der Waals surface area (Å²) in [5, 5.41) is 2.98. The highest BCUT2D eigenvalue weighted by Crippen LogP contribution is 2.23. The first kappa shape index (κ1) is 15.6. The van der Waals surface area contributed by atoms with Gasteiger partial charge in [0, 0.05) is 42.7 Å². The van der Waals surface area contributed by atoms with Gasteiger partial charge in [-0.1, -0.05) is 0 Å². The van der Waals surface area contributed by atoms with E-state index in [0.717, 1.165) is 28.0 Å². The maximum absolute atomic E-state index is 12.4. The molecule has 4 nitrogen and oxygen atoms in total. The van der Waals surface area contributed by atoms with Gasteiger partial charge in [-0.05, 0) is 59.6 Å². The topological polar surface area (TPSA) is 37.3 Å². The van der Waals surface area contributed by atoms with E-state index in [1.165, 1.54) is 0 Å².